The van der Waals surface area contributed by atoms with Gasteiger partial charge in [0.2, 0.25) is 0 Å². The summed E-state index contributed by atoms with van der Waals surface area (Å²) < 4.78 is 14.2. The van der Waals surface area contributed by atoms with Crippen molar-refractivity contribution in [2.24, 2.45) is 0 Å². The zero-order valence-corrected chi connectivity index (χ0v) is 11.9. The van der Waals surface area contributed by atoms with Gasteiger partial charge in [0, 0.05) is 28.7 Å². The molecule has 0 amide bonds. The van der Waals surface area contributed by atoms with Gasteiger partial charge in [-0.25, -0.2) is 4.39 Å². The smallest absolute Gasteiger partial charge is 0.123 e. The van der Waals surface area contributed by atoms with E-state index in [0.29, 0.717) is 6.04 Å². The van der Waals surface area contributed by atoms with Gasteiger partial charge in [-0.15, -0.1) is 11.3 Å². The quantitative estimate of drug-likeness (QED) is 0.894. The second kappa shape index (κ2) is 5.78. The van der Waals surface area contributed by atoms with Crippen molar-refractivity contribution >= 4 is 21.4 Å². The molecular formula is C14H19FN2S. The SMILES string of the molecule is CC(CN(C)C)NCc1cc2cc(F)ccc2s1. The van der Waals surface area contributed by atoms with Crippen LogP contribution in [0.3, 0.4) is 0 Å². The summed E-state index contributed by atoms with van der Waals surface area (Å²) in [5.74, 6) is -0.166. The zero-order valence-electron chi connectivity index (χ0n) is 11.0. The molecule has 1 N–H and O–H groups in total. The first-order valence-electron chi connectivity index (χ1n) is 6.10. The van der Waals surface area contributed by atoms with Gasteiger partial charge >= 0.3 is 0 Å². The van der Waals surface area contributed by atoms with E-state index in [1.165, 1.54) is 10.9 Å². The molecule has 98 valence electrons. The number of thiophene rings is 1. The van der Waals surface area contributed by atoms with Gasteiger partial charge in [0.15, 0.2) is 0 Å². The summed E-state index contributed by atoms with van der Waals surface area (Å²) in [6, 6.07) is 7.48. The first kappa shape index (κ1) is 13.5. The molecular weight excluding hydrogens is 247 g/mol. The highest BCUT2D eigenvalue weighted by Crippen LogP contribution is 2.26. The van der Waals surface area contributed by atoms with E-state index in [9.17, 15) is 4.39 Å². The maximum absolute atomic E-state index is 13.1. The molecule has 1 aromatic carbocycles. The number of hydrogen-bond acceptors (Lipinski definition) is 3. The molecule has 4 heteroatoms. The van der Waals surface area contributed by atoms with E-state index in [4.69, 9.17) is 0 Å². The van der Waals surface area contributed by atoms with Crippen molar-refractivity contribution in [3.8, 4) is 0 Å². The molecule has 2 aromatic rings. The molecule has 1 atom stereocenters. The summed E-state index contributed by atoms with van der Waals surface area (Å²) >= 11 is 1.72. The second-order valence-electron chi connectivity index (χ2n) is 4.94. The largest absolute Gasteiger partial charge is 0.308 e. The highest BCUT2D eigenvalue weighted by molar-refractivity contribution is 7.19. The van der Waals surface area contributed by atoms with Crippen LogP contribution in [0.15, 0.2) is 24.3 Å². The molecule has 0 saturated heterocycles. The van der Waals surface area contributed by atoms with E-state index in [1.807, 2.05) is 6.07 Å². The number of hydrogen-bond donors (Lipinski definition) is 1. The van der Waals surface area contributed by atoms with E-state index in [0.717, 1.165) is 23.2 Å². The second-order valence-corrected chi connectivity index (χ2v) is 6.11. The summed E-state index contributed by atoms with van der Waals surface area (Å²) in [4.78, 5) is 3.42. The lowest BCUT2D eigenvalue weighted by molar-refractivity contribution is 0.349. The van der Waals surface area contributed by atoms with Gasteiger partial charge < -0.3 is 10.2 Å². The van der Waals surface area contributed by atoms with E-state index in [-0.39, 0.29) is 5.82 Å². The topological polar surface area (TPSA) is 15.3 Å². The van der Waals surface area contributed by atoms with Gasteiger partial charge in [-0.3, -0.25) is 0 Å². The van der Waals surface area contributed by atoms with E-state index in [2.05, 4.69) is 37.3 Å². The molecule has 0 aliphatic carbocycles. The van der Waals surface area contributed by atoms with Crippen molar-refractivity contribution in [3.05, 3.63) is 35.0 Å². The molecule has 0 bridgehead atoms. The van der Waals surface area contributed by atoms with Crippen molar-refractivity contribution < 1.29 is 4.39 Å². The standard InChI is InChI=1S/C14H19FN2S/c1-10(9-17(2)3)16-8-13-7-11-6-12(15)4-5-14(11)18-13/h4-7,10,16H,8-9H2,1-3H3. The number of nitrogens with one attached hydrogen (secondary N) is 1. The molecule has 0 aliphatic heterocycles. The third-order valence-electron chi connectivity index (χ3n) is 2.79. The molecule has 0 radical (unpaired) electrons. The average molecular weight is 266 g/mol. The number of benzene rings is 1. The fraction of sp³-hybridized carbons (Fsp3) is 0.429. The number of rotatable bonds is 5. The highest BCUT2D eigenvalue weighted by atomic mass is 32.1. The fourth-order valence-corrected chi connectivity index (χ4v) is 3.04. The molecule has 0 spiro atoms. The van der Waals surface area contributed by atoms with Gasteiger partial charge in [0.25, 0.3) is 0 Å². The minimum absolute atomic E-state index is 0.166. The first-order valence-corrected chi connectivity index (χ1v) is 6.92. The Morgan fingerprint density at radius 3 is 2.83 bits per heavy atom. The van der Waals surface area contributed by atoms with Gasteiger partial charge in [0.1, 0.15) is 5.82 Å². The average Bonchev–Trinajstić information content (AvgIpc) is 2.67. The van der Waals surface area contributed by atoms with Crippen LogP contribution < -0.4 is 5.32 Å². The molecule has 1 heterocycles. The van der Waals surface area contributed by atoms with Crippen molar-refractivity contribution in [3.63, 3.8) is 0 Å². The van der Waals surface area contributed by atoms with E-state index < -0.39 is 0 Å². The van der Waals surface area contributed by atoms with Crippen LogP contribution in [0.5, 0.6) is 0 Å². The highest BCUT2D eigenvalue weighted by Gasteiger charge is 2.06. The summed E-state index contributed by atoms with van der Waals surface area (Å²) in [5.41, 5.74) is 0. The number of fused-ring (bicyclic) bond motifs is 1. The lowest BCUT2D eigenvalue weighted by atomic mass is 10.2. The van der Waals surface area contributed by atoms with E-state index in [1.54, 1.807) is 17.4 Å². The molecule has 0 saturated carbocycles. The summed E-state index contributed by atoms with van der Waals surface area (Å²) in [7, 11) is 4.14. The number of nitrogens with zero attached hydrogens (tertiary/aromatic N) is 1. The van der Waals surface area contributed by atoms with Crippen molar-refractivity contribution in [1.29, 1.82) is 0 Å². The Morgan fingerprint density at radius 1 is 1.33 bits per heavy atom. The van der Waals surface area contributed by atoms with Gasteiger partial charge in [0.05, 0.1) is 0 Å². The molecule has 0 aliphatic rings. The molecule has 1 aromatic heterocycles. The van der Waals surface area contributed by atoms with Gasteiger partial charge in [-0.1, -0.05) is 0 Å². The van der Waals surface area contributed by atoms with Crippen LogP contribution in [0.25, 0.3) is 10.1 Å². The van der Waals surface area contributed by atoms with Crippen molar-refractivity contribution in [2.45, 2.75) is 19.5 Å². The van der Waals surface area contributed by atoms with Crippen LogP contribution >= 0.6 is 11.3 Å². The molecule has 18 heavy (non-hydrogen) atoms. The fourth-order valence-electron chi connectivity index (χ4n) is 2.04. The Balaban J connectivity index is 1.99. The zero-order chi connectivity index (χ0) is 13.1. The normalized spacial score (nSPS) is 13.4. The minimum Gasteiger partial charge on any atom is -0.308 e. The predicted molar refractivity (Wildman–Crippen MR) is 76.6 cm³/mol. The molecule has 2 rings (SSSR count). The van der Waals surface area contributed by atoms with Gasteiger partial charge in [-0.05, 0) is 50.7 Å². The lowest BCUT2D eigenvalue weighted by Crippen LogP contribution is -2.35. The maximum Gasteiger partial charge on any atom is 0.123 e. The molecule has 1 unspecified atom stereocenters. The van der Waals surface area contributed by atoms with Crippen molar-refractivity contribution in [2.75, 3.05) is 20.6 Å². The monoisotopic (exact) mass is 266 g/mol. The third-order valence-corrected chi connectivity index (χ3v) is 3.91. The van der Waals surface area contributed by atoms with Crippen LogP contribution in [-0.2, 0) is 6.54 Å². The Kier molecular flexibility index (Phi) is 4.32. The summed E-state index contributed by atoms with van der Waals surface area (Å²) in [6.45, 7) is 4.03. The van der Waals surface area contributed by atoms with Crippen LogP contribution in [0.4, 0.5) is 4.39 Å². The summed E-state index contributed by atoms with van der Waals surface area (Å²) in [5, 5.41) is 4.48. The van der Waals surface area contributed by atoms with E-state index >= 15 is 0 Å². The Hall–Kier alpha value is -0.970. The first-order chi connectivity index (χ1) is 8.54. The Labute approximate surface area is 111 Å². The van der Waals surface area contributed by atoms with Crippen LogP contribution in [0, 0.1) is 5.82 Å². The lowest BCUT2D eigenvalue weighted by Gasteiger charge is -2.17. The minimum atomic E-state index is -0.166. The van der Waals surface area contributed by atoms with Crippen LogP contribution in [0.1, 0.15) is 11.8 Å². The van der Waals surface area contributed by atoms with Crippen LogP contribution in [0.2, 0.25) is 0 Å². The summed E-state index contributed by atoms with van der Waals surface area (Å²) in [6.07, 6.45) is 0. The maximum atomic E-state index is 13.1. The van der Waals surface area contributed by atoms with Crippen LogP contribution in [-0.4, -0.2) is 31.6 Å². The van der Waals surface area contributed by atoms with Gasteiger partial charge in [-0.2, -0.15) is 0 Å². The molecule has 0 fully saturated rings. The number of halogens is 1. The Bertz CT molecular complexity index is 521. The number of likely N-dealkylation sites (N-methyl/N-ethyl adjacent to an activating group) is 1. The Morgan fingerprint density at radius 2 is 2.11 bits per heavy atom. The third kappa shape index (κ3) is 3.51. The molecule has 2 nitrogen and oxygen atoms in total. The van der Waals surface area contributed by atoms with Crippen molar-refractivity contribution in [1.82, 2.24) is 10.2 Å². The predicted octanol–water partition coefficient (Wildman–Crippen LogP) is 3.08.